The van der Waals surface area contributed by atoms with Crippen molar-refractivity contribution >= 4 is 6.03 Å². The lowest BCUT2D eigenvalue weighted by molar-refractivity contribution is 0.142. The number of nitrogens with one attached hydrogen (secondary N) is 2. The number of fused-ring (bicyclic) bond motifs is 1. The molecule has 3 rings (SSSR count). The van der Waals surface area contributed by atoms with Crippen molar-refractivity contribution in [3.63, 3.8) is 0 Å². The van der Waals surface area contributed by atoms with Crippen LogP contribution in [-0.2, 0) is 13.0 Å². The Morgan fingerprint density at radius 2 is 2.12 bits per heavy atom. The molecule has 0 fully saturated rings. The molecule has 0 aliphatic heterocycles. The lowest BCUT2D eigenvalue weighted by atomic mass is 10.1. The third kappa shape index (κ3) is 3.21. The van der Waals surface area contributed by atoms with E-state index in [0.29, 0.717) is 6.42 Å². The van der Waals surface area contributed by atoms with Crippen molar-refractivity contribution < 1.29 is 14.3 Å². The van der Waals surface area contributed by atoms with Crippen LogP contribution in [0.25, 0.3) is 0 Å². The highest BCUT2D eigenvalue weighted by atomic mass is 19.1. The Morgan fingerprint density at radius 1 is 1.33 bits per heavy atom. The number of benzene rings is 2. The summed E-state index contributed by atoms with van der Waals surface area (Å²) < 4.78 is 13.8. The van der Waals surface area contributed by atoms with E-state index >= 15 is 0 Å². The predicted molar refractivity (Wildman–Crippen MR) is 85.4 cm³/mol. The Kier molecular flexibility index (Phi) is 4.45. The number of carbonyl (C=O) groups excluding carboxylic acids is 1. The summed E-state index contributed by atoms with van der Waals surface area (Å²) in [5, 5.41) is 24.1. The second kappa shape index (κ2) is 6.69. The summed E-state index contributed by atoms with van der Waals surface area (Å²) in [6.07, 6.45) is -0.189. The maximum Gasteiger partial charge on any atom is 0.315 e. The number of urea groups is 1. The molecule has 2 aromatic carbocycles. The van der Waals surface area contributed by atoms with Gasteiger partial charge in [-0.2, -0.15) is 5.26 Å². The molecule has 2 atom stereocenters. The highest BCUT2D eigenvalue weighted by Crippen LogP contribution is 2.31. The lowest BCUT2D eigenvalue weighted by Crippen LogP contribution is -2.40. The molecule has 1 aliphatic carbocycles. The monoisotopic (exact) mass is 325 g/mol. The summed E-state index contributed by atoms with van der Waals surface area (Å²) in [6.45, 7) is -0.00611. The first-order valence-electron chi connectivity index (χ1n) is 7.57. The first-order chi connectivity index (χ1) is 11.6. The maximum atomic E-state index is 13.8. The number of aliphatic hydroxyl groups is 1. The summed E-state index contributed by atoms with van der Waals surface area (Å²) >= 11 is 0. The van der Waals surface area contributed by atoms with Crippen LogP contribution >= 0.6 is 0 Å². The molecule has 0 aromatic heterocycles. The van der Waals surface area contributed by atoms with Crippen LogP contribution in [0.15, 0.2) is 42.5 Å². The zero-order valence-electron chi connectivity index (χ0n) is 12.8. The van der Waals surface area contributed by atoms with Gasteiger partial charge in [-0.3, -0.25) is 0 Å². The zero-order chi connectivity index (χ0) is 17.1. The largest absolute Gasteiger partial charge is 0.390 e. The number of hydrogen-bond donors (Lipinski definition) is 3. The molecule has 2 amide bonds. The number of nitrogens with zero attached hydrogens (tertiary/aromatic N) is 1. The fourth-order valence-electron chi connectivity index (χ4n) is 2.88. The maximum absolute atomic E-state index is 13.8. The summed E-state index contributed by atoms with van der Waals surface area (Å²) in [4.78, 5) is 12.1. The molecule has 0 unspecified atom stereocenters. The number of carbonyl (C=O) groups is 1. The standard InChI is InChI=1S/C18H16FN3O2/c19-15-7-11(9-20)5-6-13(15)10-21-18(24)22-17-14-4-2-1-3-12(14)8-16(17)23/h1-7,16-17,23H,8,10H2,(H2,21,22,24)/t16-,17+/m0/s1. The Labute approximate surface area is 138 Å². The van der Waals surface area contributed by atoms with Crippen molar-refractivity contribution in [2.45, 2.75) is 25.1 Å². The molecular weight excluding hydrogens is 309 g/mol. The quantitative estimate of drug-likeness (QED) is 0.808. The molecule has 0 spiro atoms. The fourth-order valence-corrected chi connectivity index (χ4v) is 2.88. The van der Waals surface area contributed by atoms with Crippen LogP contribution in [0.2, 0.25) is 0 Å². The van der Waals surface area contributed by atoms with E-state index in [2.05, 4.69) is 10.6 Å². The predicted octanol–water partition coefficient (Wildman–Crippen LogP) is 2.15. The van der Waals surface area contributed by atoms with E-state index in [1.165, 1.54) is 12.1 Å². The van der Waals surface area contributed by atoms with Crippen LogP contribution in [0.5, 0.6) is 0 Å². The average molecular weight is 325 g/mol. The van der Waals surface area contributed by atoms with Crippen LogP contribution in [-0.4, -0.2) is 17.2 Å². The molecule has 0 heterocycles. The van der Waals surface area contributed by atoms with E-state index in [4.69, 9.17) is 5.26 Å². The zero-order valence-corrected chi connectivity index (χ0v) is 12.8. The molecule has 0 saturated carbocycles. The second-order valence-electron chi connectivity index (χ2n) is 5.69. The van der Waals surface area contributed by atoms with Crippen molar-refractivity contribution in [2.24, 2.45) is 0 Å². The number of nitriles is 1. The number of amides is 2. The Morgan fingerprint density at radius 3 is 2.88 bits per heavy atom. The molecule has 3 N–H and O–H groups in total. The first kappa shape index (κ1) is 16.0. The topological polar surface area (TPSA) is 85.2 Å². The molecule has 1 aliphatic rings. The average Bonchev–Trinajstić information content (AvgIpc) is 2.89. The van der Waals surface area contributed by atoms with Gasteiger partial charge < -0.3 is 15.7 Å². The number of hydrogen-bond acceptors (Lipinski definition) is 3. The molecule has 0 saturated heterocycles. The number of aliphatic hydroxyl groups excluding tert-OH is 1. The number of halogens is 1. The van der Waals surface area contributed by atoms with E-state index < -0.39 is 24.0 Å². The summed E-state index contributed by atoms with van der Waals surface area (Å²) in [7, 11) is 0. The third-order valence-corrected chi connectivity index (χ3v) is 4.11. The Hall–Kier alpha value is -2.91. The minimum Gasteiger partial charge on any atom is -0.390 e. The van der Waals surface area contributed by atoms with Crippen molar-refractivity contribution in [1.82, 2.24) is 10.6 Å². The van der Waals surface area contributed by atoms with Gasteiger partial charge in [-0.15, -0.1) is 0 Å². The normalized spacial score (nSPS) is 18.5. The number of rotatable bonds is 3. The summed E-state index contributed by atoms with van der Waals surface area (Å²) in [5.74, 6) is -0.541. The van der Waals surface area contributed by atoms with E-state index in [9.17, 15) is 14.3 Å². The van der Waals surface area contributed by atoms with Gasteiger partial charge in [-0.1, -0.05) is 30.3 Å². The SMILES string of the molecule is N#Cc1ccc(CNC(=O)N[C@@H]2c3ccccc3C[C@@H]2O)c(F)c1. The van der Waals surface area contributed by atoms with Crippen LogP contribution < -0.4 is 10.6 Å². The van der Waals surface area contributed by atoms with Gasteiger partial charge in [0.25, 0.3) is 0 Å². The lowest BCUT2D eigenvalue weighted by Gasteiger charge is -2.18. The van der Waals surface area contributed by atoms with Gasteiger partial charge in [0.2, 0.25) is 0 Å². The minimum absolute atomic E-state index is 0.00611. The van der Waals surface area contributed by atoms with Gasteiger partial charge in [-0.05, 0) is 23.3 Å². The van der Waals surface area contributed by atoms with E-state index in [1.54, 1.807) is 0 Å². The van der Waals surface area contributed by atoms with Crippen molar-refractivity contribution in [2.75, 3.05) is 0 Å². The highest BCUT2D eigenvalue weighted by Gasteiger charge is 2.31. The van der Waals surface area contributed by atoms with Crippen LogP contribution in [0, 0.1) is 17.1 Å². The summed E-state index contributed by atoms with van der Waals surface area (Å²) in [6, 6.07) is 12.5. The first-order valence-corrected chi connectivity index (χ1v) is 7.57. The van der Waals surface area contributed by atoms with Crippen LogP contribution in [0.3, 0.4) is 0 Å². The third-order valence-electron chi connectivity index (χ3n) is 4.11. The molecule has 2 aromatic rings. The Balaban J connectivity index is 1.62. The van der Waals surface area contributed by atoms with Gasteiger partial charge >= 0.3 is 6.03 Å². The van der Waals surface area contributed by atoms with Crippen molar-refractivity contribution in [3.8, 4) is 6.07 Å². The molecule has 24 heavy (non-hydrogen) atoms. The molecule has 0 bridgehead atoms. The molecule has 5 nitrogen and oxygen atoms in total. The van der Waals surface area contributed by atoms with Gasteiger partial charge in [0.15, 0.2) is 0 Å². The molecular formula is C18H16FN3O2. The van der Waals surface area contributed by atoms with Gasteiger partial charge in [0.05, 0.1) is 23.8 Å². The molecule has 0 radical (unpaired) electrons. The molecule has 6 heteroatoms. The smallest absolute Gasteiger partial charge is 0.315 e. The van der Waals surface area contributed by atoms with Crippen LogP contribution in [0.1, 0.15) is 28.3 Å². The van der Waals surface area contributed by atoms with E-state index in [0.717, 1.165) is 17.2 Å². The van der Waals surface area contributed by atoms with E-state index in [1.807, 2.05) is 30.3 Å². The molecule has 122 valence electrons. The minimum atomic E-state index is -0.681. The van der Waals surface area contributed by atoms with Gasteiger partial charge in [0.1, 0.15) is 5.82 Å². The van der Waals surface area contributed by atoms with Crippen molar-refractivity contribution in [3.05, 3.63) is 70.5 Å². The van der Waals surface area contributed by atoms with Gasteiger partial charge in [0, 0.05) is 18.5 Å². The van der Waals surface area contributed by atoms with Gasteiger partial charge in [-0.25, -0.2) is 9.18 Å². The fraction of sp³-hybridized carbons (Fsp3) is 0.222. The van der Waals surface area contributed by atoms with Crippen molar-refractivity contribution in [1.29, 1.82) is 5.26 Å². The van der Waals surface area contributed by atoms with E-state index in [-0.39, 0.29) is 17.7 Å². The second-order valence-corrected chi connectivity index (χ2v) is 5.69. The van der Waals surface area contributed by atoms with Crippen LogP contribution in [0.4, 0.5) is 9.18 Å². The highest BCUT2D eigenvalue weighted by molar-refractivity contribution is 5.74. The summed E-state index contributed by atoms with van der Waals surface area (Å²) in [5.41, 5.74) is 2.42. The Bertz CT molecular complexity index is 816.